The standard InChI is InChI=1S/C19H11Cl2NO4/c20-13-5-12(6-14(21)8-13)19(23)24-10-15-9-18(26-22-15)17-7-11-3-1-2-4-16(11)25-17/h1-9H,10H2. The molecule has 0 saturated carbocycles. The number of esters is 1. The zero-order valence-corrected chi connectivity index (χ0v) is 14.8. The Bertz CT molecular complexity index is 1050. The first kappa shape index (κ1) is 16.7. The average Bonchev–Trinajstić information content (AvgIpc) is 3.25. The van der Waals surface area contributed by atoms with E-state index < -0.39 is 5.97 Å². The Hall–Kier alpha value is -2.76. The van der Waals surface area contributed by atoms with Gasteiger partial charge in [-0.2, -0.15) is 0 Å². The number of carbonyl (C=O) groups is 1. The van der Waals surface area contributed by atoms with Crippen molar-refractivity contribution in [3.05, 3.63) is 75.9 Å². The highest BCUT2D eigenvalue weighted by molar-refractivity contribution is 6.35. The van der Waals surface area contributed by atoms with E-state index in [1.807, 2.05) is 30.3 Å². The molecule has 4 rings (SSSR count). The van der Waals surface area contributed by atoms with Gasteiger partial charge in [0.1, 0.15) is 17.9 Å². The van der Waals surface area contributed by atoms with Crippen molar-refractivity contribution in [1.29, 1.82) is 0 Å². The van der Waals surface area contributed by atoms with Crippen LogP contribution in [0.25, 0.3) is 22.5 Å². The van der Waals surface area contributed by atoms with E-state index in [0.717, 1.165) is 11.0 Å². The molecule has 0 aliphatic carbocycles. The number of hydrogen-bond acceptors (Lipinski definition) is 5. The highest BCUT2D eigenvalue weighted by Crippen LogP contribution is 2.28. The van der Waals surface area contributed by atoms with E-state index in [9.17, 15) is 4.79 Å². The van der Waals surface area contributed by atoms with Crippen LogP contribution in [0.3, 0.4) is 0 Å². The lowest BCUT2D eigenvalue weighted by atomic mass is 10.2. The Kier molecular flexibility index (Phi) is 4.41. The largest absolute Gasteiger partial charge is 0.455 e. The fourth-order valence-corrected chi connectivity index (χ4v) is 3.02. The first-order valence-corrected chi connectivity index (χ1v) is 8.42. The molecule has 4 aromatic rings. The Labute approximate surface area is 158 Å². The summed E-state index contributed by atoms with van der Waals surface area (Å²) >= 11 is 11.8. The summed E-state index contributed by atoms with van der Waals surface area (Å²) in [5.74, 6) is 0.457. The van der Waals surface area contributed by atoms with Gasteiger partial charge in [0.25, 0.3) is 0 Å². The molecule has 0 fully saturated rings. The molecule has 2 heterocycles. The molecule has 5 nitrogen and oxygen atoms in total. The van der Waals surface area contributed by atoms with Gasteiger partial charge in [0.05, 0.1) is 5.56 Å². The molecule has 0 saturated heterocycles. The molecule has 2 aromatic heterocycles. The molecule has 0 N–H and O–H groups in total. The van der Waals surface area contributed by atoms with Gasteiger partial charge >= 0.3 is 5.97 Å². The van der Waals surface area contributed by atoms with E-state index in [4.69, 9.17) is 36.9 Å². The number of benzene rings is 2. The minimum atomic E-state index is -0.553. The van der Waals surface area contributed by atoms with Crippen molar-refractivity contribution in [2.24, 2.45) is 0 Å². The second-order valence-electron chi connectivity index (χ2n) is 5.57. The third-order valence-corrected chi connectivity index (χ3v) is 4.11. The van der Waals surface area contributed by atoms with Crippen LogP contribution in [0.15, 0.2) is 63.5 Å². The quantitative estimate of drug-likeness (QED) is 0.417. The average molecular weight is 388 g/mol. The normalized spacial score (nSPS) is 11.0. The van der Waals surface area contributed by atoms with Gasteiger partial charge in [0, 0.05) is 21.5 Å². The Morgan fingerprint density at radius 1 is 1.00 bits per heavy atom. The fraction of sp³-hybridized carbons (Fsp3) is 0.0526. The lowest BCUT2D eigenvalue weighted by Crippen LogP contribution is -2.05. The summed E-state index contributed by atoms with van der Waals surface area (Å²) in [6, 6.07) is 15.7. The van der Waals surface area contributed by atoms with Crippen molar-refractivity contribution >= 4 is 40.1 Å². The van der Waals surface area contributed by atoms with Crippen LogP contribution in [0, 0.1) is 0 Å². The number of carbonyl (C=O) groups excluding carboxylic acids is 1. The van der Waals surface area contributed by atoms with Crippen LogP contribution < -0.4 is 0 Å². The minimum Gasteiger partial charge on any atom is -0.455 e. The molecule has 0 bridgehead atoms. The second-order valence-corrected chi connectivity index (χ2v) is 6.44. The molecule has 0 aliphatic rings. The Morgan fingerprint density at radius 3 is 2.54 bits per heavy atom. The summed E-state index contributed by atoms with van der Waals surface area (Å²) in [5.41, 5.74) is 1.48. The summed E-state index contributed by atoms with van der Waals surface area (Å²) in [6.45, 7) is -0.0489. The fourth-order valence-electron chi connectivity index (χ4n) is 2.49. The number of para-hydroxylation sites is 1. The number of ether oxygens (including phenoxy) is 1. The minimum absolute atomic E-state index is 0.0489. The highest BCUT2D eigenvalue weighted by Gasteiger charge is 2.14. The Morgan fingerprint density at radius 2 is 1.77 bits per heavy atom. The van der Waals surface area contributed by atoms with Gasteiger partial charge in [-0.3, -0.25) is 0 Å². The van der Waals surface area contributed by atoms with E-state index >= 15 is 0 Å². The van der Waals surface area contributed by atoms with Crippen molar-refractivity contribution in [3.8, 4) is 11.5 Å². The molecule has 0 atom stereocenters. The molecule has 0 amide bonds. The SMILES string of the molecule is O=C(OCc1cc(-c2cc3ccccc3o2)on1)c1cc(Cl)cc(Cl)c1. The first-order valence-electron chi connectivity index (χ1n) is 7.66. The van der Waals surface area contributed by atoms with E-state index in [-0.39, 0.29) is 12.2 Å². The first-order chi connectivity index (χ1) is 12.6. The van der Waals surface area contributed by atoms with E-state index in [2.05, 4.69) is 5.16 Å². The molecular formula is C19H11Cl2NO4. The van der Waals surface area contributed by atoms with Gasteiger partial charge in [-0.15, -0.1) is 0 Å². The van der Waals surface area contributed by atoms with Gasteiger partial charge in [-0.25, -0.2) is 4.79 Å². The molecule has 0 unspecified atom stereocenters. The number of aromatic nitrogens is 1. The number of fused-ring (bicyclic) bond motifs is 1. The zero-order chi connectivity index (χ0) is 18.1. The van der Waals surface area contributed by atoms with Gasteiger partial charge in [0.15, 0.2) is 5.76 Å². The lowest BCUT2D eigenvalue weighted by molar-refractivity contribution is 0.0464. The summed E-state index contributed by atoms with van der Waals surface area (Å²) < 4.78 is 16.2. The monoisotopic (exact) mass is 387 g/mol. The van der Waals surface area contributed by atoms with Gasteiger partial charge < -0.3 is 13.7 Å². The van der Waals surface area contributed by atoms with Crippen molar-refractivity contribution < 1.29 is 18.5 Å². The van der Waals surface area contributed by atoms with Crippen molar-refractivity contribution in [2.45, 2.75) is 6.61 Å². The Balaban J connectivity index is 1.47. The van der Waals surface area contributed by atoms with E-state index in [1.54, 1.807) is 6.07 Å². The van der Waals surface area contributed by atoms with Crippen LogP contribution in [-0.2, 0) is 11.3 Å². The van der Waals surface area contributed by atoms with Crippen LogP contribution in [0.1, 0.15) is 16.1 Å². The van der Waals surface area contributed by atoms with Crippen molar-refractivity contribution in [3.63, 3.8) is 0 Å². The summed E-state index contributed by atoms with van der Waals surface area (Å²) in [7, 11) is 0. The molecule has 0 aliphatic heterocycles. The van der Waals surface area contributed by atoms with E-state index in [1.165, 1.54) is 18.2 Å². The molecular weight excluding hydrogens is 377 g/mol. The summed E-state index contributed by atoms with van der Waals surface area (Å²) in [4.78, 5) is 12.1. The topological polar surface area (TPSA) is 65.5 Å². The molecule has 26 heavy (non-hydrogen) atoms. The van der Waals surface area contributed by atoms with Crippen LogP contribution >= 0.6 is 23.2 Å². The predicted octanol–water partition coefficient (Wildman–Crippen LogP) is 5.75. The molecule has 7 heteroatoms. The third kappa shape index (κ3) is 3.45. The van der Waals surface area contributed by atoms with Crippen LogP contribution in [-0.4, -0.2) is 11.1 Å². The van der Waals surface area contributed by atoms with Crippen LogP contribution in [0.5, 0.6) is 0 Å². The third-order valence-electron chi connectivity index (χ3n) is 3.68. The van der Waals surface area contributed by atoms with Crippen molar-refractivity contribution in [1.82, 2.24) is 5.16 Å². The highest BCUT2D eigenvalue weighted by atomic mass is 35.5. The van der Waals surface area contributed by atoms with E-state index in [0.29, 0.717) is 27.3 Å². The zero-order valence-electron chi connectivity index (χ0n) is 13.2. The maximum atomic E-state index is 12.1. The molecule has 0 radical (unpaired) electrons. The second kappa shape index (κ2) is 6.86. The number of furan rings is 1. The number of halogens is 2. The number of rotatable bonds is 4. The van der Waals surface area contributed by atoms with Gasteiger partial charge in [0.2, 0.25) is 5.76 Å². The number of hydrogen-bond donors (Lipinski definition) is 0. The molecule has 130 valence electrons. The van der Waals surface area contributed by atoms with Crippen LogP contribution in [0.2, 0.25) is 10.0 Å². The smallest absolute Gasteiger partial charge is 0.338 e. The van der Waals surface area contributed by atoms with Gasteiger partial charge in [-0.05, 0) is 30.3 Å². The van der Waals surface area contributed by atoms with Crippen LogP contribution in [0.4, 0.5) is 0 Å². The molecule has 2 aromatic carbocycles. The maximum absolute atomic E-state index is 12.1. The van der Waals surface area contributed by atoms with Crippen molar-refractivity contribution in [2.75, 3.05) is 0 Å². The lowest BCUT2D eigenvalue weighted by Gasteiger charge is -2.03. The number of nitrogens with zero attached hydrogens (tertiary/aromatic N) is 1. The molecule has 0 spiro atoms. The predicted molar refractivity (Wildman–Crippen MR) is 97.3 cm³/mol. The van der Waals surface area contributed by atoms with Gasteiger partial charge in [-0.1, -0.05) is 46.6 Å². The maximum Gasteiger partial charge on any atom is 0.338 e. The summed E-state index contributed by atoms with van der Waals surface area (Å²) in [5, 5.41) is 5.58. The summed E-state index contributed by atoms with van der Waals surface area (Å²) in [6.07, 6.45) is 0.